The molecule has 2 heterocycles. The van der Waals surface area contributed by atoms with E-state index in [-0.39, 0.29) is 12.3 Å². The second kappa shape index (κ2) is 3.22. The number of nitrogen functional groups attached to an aromatic ring is 1. The Morgan fingerprint density at radius 2 is 2.43 bits per heavy atom. The molecular weight excluding hydrogens is 187 g/mol. The molecular formula is C8H9FN4O. The van der Waals surface area contributed by atoms with Gasteiger partial charge in [-0.05, 0) is 0 Å². The maximum atomic E-state index is 12.9. The minimum Gasteiger partial charge on any atom is -0.396 e. The van der Waals surface area contributed by atoms with E-state index >= 15 is 0 Å². The Balaban J connectivity index is 2.58. The van der Waals surface area contributed by atoms with Gasteiger partial charge in [-0.3, -0.25) is 0 Å². The molecule has 0 bridgehead atoms. The molecule has 2 rings (SSSR count). The maximum absolute atomic E-state index is 12.9. The van der Waals surface area contributed by atoms with E-state index in [1.165, 1.54) is 23.9 Å². The highest BCUT2D eigenvalue weighted by molar-refractivity contribution is 5.63. The fraction of sp³-hybridized carbons (Fsp3) is 0.250. The van der Waals surface area contributed by atoms with Crippen LogP contribution in [0, 0.1) is 5.82 Å². The van der Waals surface area contributed by atoms with Crippen LogP contribution in [0.2, 0.25) is 0 Å². The molecule has 74 valence electrons. The van der Waals surface area contributed by atoms with E-state index in [2.05, 4.69) is 10.1 Å². The van der Waals surface area contributed by atoms with Gasteiger partial charge in [-0.1, -0.05) is 0 Å². The molecule has 2 aromatic rings. The van der Waals surface area contributed by atoms with Crippen molar-refractivity contribution in [2.45, 2.75) is 6.61 Å². The number of fused-ring (bicyclic) bond motifs is 1. The zero-order chi connectivity index (χ0) is 10.1. The SMILES string of the molecule is COCc1nc2c(N)cc(F)cn2n1. The molecule has 2 aromatic heterocycles. The minimum atomic E-state index is -0.441. The highest BCUT2D eigenvalue weighted by Crippen LogP contribution is 2.13. The second-order valence-corrected chi connectivity index (χ2v) is 2.84. The summed E-state index contributed by atoms with van der Waals surface area (Å²) >= 11 is 0. The Morgan fingerprint density at radius 3 is 3.14 bits per heavy atom. The molecule has 0 spiro atoms. The average molecular weight is 196 g/mol. The van der Waals surface area contributed by atoms with Gasteiger partial charge < -0.3 is 10.5 Å². The molecule has 0 radical (unpaired) electrons. The van der Waals surface area contributed by atoms with Gasteiger partial charge in [0.05, 0.1) is 11.9 Å². The molecule has 0 aliphatic rings. The van der Waals surface area contributed by atoms with E-state index in [9.17, 15) is 4.39 Å². The zero-order valence-electron chi connectivity index (χ0n) is 7.57. The summed E-state index contributed by atoms with van der Waals surface area (Å²) < 4.78 is 19.1. The molecule has 0 amide bonds. The quantitative estimate of drug-likeness (QED) is 0.763. The number of anilines is 1. The van der Waals surface area contributed by atoms with Crippen molar-refractivity contribution in [1.29, 1.82) is 0 Å². The lowest BCUT2D eigenvalue weighted by molar-refractivity contribution is 0.178. The molecule has 2 N–H and O–H groups in total. The predicted molar refractivity (Wildman–Crippen MR) is 48.1 cm³/mol. The molecule has 0 aliphatic carbocycles. The molecule has 14 heavy (non-hydrogen) atoms. The first-order valence-corrected chi connectivity index (χ1v) is 4.00. The van der Waals surface area contributed by atoms with Gasteiger partial charge >= 0.3 is 0 Å². The standard InChI is InChI=1S/C8H9FN4O/c1-14-4-7-11-8-6(10)2-5(9)3-13(8)12-7/h2-3H,4,10H2,1H3. The summed E-state index contributed by atoms with van der Waals surface area (Å²) in [6.07, 6.45) is 1.22. The number of pyridine rings is 1. The third-order valence-electron chi connectivity index (χ3n) is 1.75. The fourth-order valence-electron chi connectivity index (χ4n) is 1.21. The van der Waals surface area contributed by atoms with E-state index in [1.807, 2.05) is 0 Å². The normalized spacial score (nSPS) is 11.0. The number of hydrogen-bond donors (Lipinski definition) is 1. The predicted octanol–water partition coefficient (Wildman–Crippen LogP) is 0.597. The lowest BCUT2D eigenvalue weighted by Crippen LogP contribution is -1.95. The van der Waals surface area contributed by atoms with Crippen molar-refractivity contribution < 1.29 is 9.13 Å². The number of ether oxygens (including phenoxy) is 1. The molecule has 0 atom stereocenters. The van der Waals surface area contributed by atoms with Crippen molar-refractivity contribution in [1.82, 2.24) is 14.6 Å². The summed E-state index contributed by atoms with van der Waals surface area (Å²) in [5.74, 6) is 0.0358. The van der Waals surface area contributed by atoms with Crippen molar-refractivity contribution in [2.24, 2.45) is 0 Å². The summed E-state index contributed by atoms with van der Waals surface area (Å²) in [4.78, 5) is 4.08. The summed E-state index contributed by atoms with van der Waals surface area (Å²) in [6.45, 7) is 0.280. The van der Waals surface area contributed by atoms with Gasteiger partial charge in [0.1, 0.15) is 12.4 Å². The number of nitrogens with two attached hydrogens (primary N) is 1. The molecule has 5 nitrogen and oxygen atoms in total. The Labute approximate surface area is 79.3 Å². The van der Waals surface area contributed by atoms with Gasteiger partial charge in [-0.25, -0.2) is 13.9 Å². The summed E-state index contributed by atoms with van der Waals surface area (Å²) in [5.41, 5.74) is 6.27. The largest absolute Gasteiger partial charge is 0.396 e. The van der Waals surface area contributed by atoms with Crippen molar-refractivity contribution in [2.75, 3.05) is 12.8 Å². The van der Waals surface area contributed by atoms with Gasteiger partial charge in [0.2, 0.25) is 0 Å². The van der Waals surface area contributed by atoms with Gasteiger partial charge in [0.15, 0.2) is 11.5 Å². The Morgan fingerprint density at radius 1 is 1.64 bits per heavy atom. The average Bonchev–Trinajstić information content (AvgIpc) is 2.48. The van der Waals surface area contributed by atoms with Crippen LogP contribution in [0.1, 0.15) is 5.82 Å². The second-order valence-electron chi connectivity index (χ2n) is 2.84. The number of rotatable bonds is 2. The monoisotopic (exact) mass is 196 g/mol. The van der Waals surface area contributed by atoms with Gasteiger partial charge in [-0.2, -0.15) is 0 Å². The van der Waals surface area contributed by atoms with E-state index < -0.39 is 5.82 Å². The molecule has 0 aromatic carbocycles. The van der Waals surface area contributed by atoms with E-state index in [0.29, 0.717) is 11.5 Å². The van der Waals surface area contributed by atoms with Crippen LogP contribution in [0.4, 0.5) is 10.1 Å². The third kappa shape index (κ3) is 1.39. The summed E-state index contributed by atoms with van der Waals surface area (Å²) in [7, 11) is 1.54. The minimum absolute atomic E-state index is 0.264. The van der Waals surface area contributed by atoms with Crippen LogP contribution in [-0.2, 0) is 11.3 Å². The summed E-state index contributed by atoms with van der Waals surface area (Å²) in [5, 5.41) is 3.98. The summed E-state index contributed by atoms with van der Waals surface area (Å²) in [6, 6.07) is 1.21. The molecule has 6 heteroatoms. The fourth-order valence-corrected chi connectivity index (χ4v) is 1.21. The number of halogens is 1. The lowest BCUT2D eigenvalue weighted by Gasteiger charge is -1.95. The number of methoxy groups -OCH3 is 1. The third-order valence-corrected chi connectivity index (χ3v) is 1.75. The molecule has 0 fully saturated rings. The van der Waals surface area contributed by atoms with Gasteiger partial charge in [-0.15, -0.1) is 5.10 Å². The number of nitrogens with zero attached hydrogens (tertiary/aromatic N) is 3. The Bertz CT molecular complexity index is 468. The molecule has 0 saturated carbocycles. The molecule has 0 saturated heterocycles. The smallest absolute Gasteiger partial charge is 0.178 e. The number of hydrogen-bond acceptors (Lipinski definition) is 4. The first-order valence-electron chi connectivity index (χ1n) is 4.00. The highest BCUT2D eigenvalue weighted by Gasteiger charge is 2.07. The lowest BCUT2D eigenvalue weighted by atomic mass is 10.4. The van der Waals surface area contributed by atoms with Crippen LogP contribution in [0.15, 0.2) is 12.3 Å². The Hall–Kier alpha value is -1.69. The van der Waals surface area contributed by atoms with Crippen molar-refractivity contribution >= 4 is 11.3 Å². The first-order chi connectivity index (χ1) is 6.70. The van der Waals surface area contributed by atoms with Crippen molar-refractivity contribution in [3.63, 3.8) is 0 Å². The van der Waals surface area contributed by atoms with Crippen molar-refractivity contribution in [3.05, 3.63) is 23.9 Å². The first kappa shape index (κ1) is 8.89. The van der Waals surface area contributed by atoms with Gasteiger partial charge in [0, 0.05) is 13.2 Å². The Kier molecular flexibility index (Phi) is 2.05. The van der Waals surface area contributed by atoms with E-state index in [0.717, 1.165) is 0 Å². The van der Waals surface area contributed by atoms with Crippen LogP contribution in [0.3, 0.4) is 0 Å². The topological polar surface area (TPSA) is 65.4 Å². The maximum Gasteiger partial charge on any atom is 0.178 e. The van der Waals surface area contributed by atoms with E-state index in [4.69, 9.17) is 10.5 Å². The van der Waals surface area contributed by atoms with Crippen molar-refractivity contribution in [3.8, 4) is 0 Å². The van der Waals surface area contributed by atoms with Crippen LogP contribution < -0.4 is 5.73 Å². The van der Waals surface area contributed by atoms with Crippen LogP contribution in [-0.4, -0.2) is 21.7 Å². The van der Waals surface area contributed by atoms with Gasteiger partial charge in [0.25, 0.3) is 0 Å². The van der Waals surface area contributed by atoms with E-state index in [1.54, 1.807) is 0 Å². The van der Waals surface area contributed by atoms with Crippen LogP contribution in [0.5, 0.6) is 0 Å². The molecule has 0 aliphatic heterocycles. The number of aromatic nitrogens is 3. The molecule has 0 unspecified atom stereocenters. The zero-order valence-corrected chi connectivity index (χ0v) is 7.57. The van der Waals surface area contributed by atoms with Crippen LogP contribution in [0.25, 0.3) is 5.65 Å². The van der Waals surface area contributed by atoms with Crippen LogP contribution >= 0.6 is 0 Å². The highest BCUT2D eigenvalue weighted by atomic mass is 19.1.